The van der Waals surface area contributed by atoms with Gasteiger partial charge < -0.3 is 5.32 Å². The Morgan fingerprint density at radius 1 is 1.37 bits per heavy atom. The molecule has 0 aliphatic heterocycles. The third-order valence-corrected chi connectivity index (χ3v) is 4.07. The highest BCUT2D eigenvalue weighted by Gasteiger charge is 2.12. The molecule has 0 bridgehead atoms. The van der Waals surface area contributed by atoms with E-state index in [-0.39, 0.29) is 5.91 Å². The topological polar surface area (TPSA) is 52.9 Å². The number of nitriles is 1. The average molecular weight is 276 g/mol. The van der Waals surface area contributed by atoms with Crippen molar-refractivity contribution < 1.29 is 4.79 Å². The number of nitrogens with zero attached hydrogens (tertiary/aromatic N) is 1. The van der Waals surface area contributed by atoms with Crippen LogP contribution in [0.5, 0.6) is 0 Å². The molecular formula is C15H20N2OS. The molecule has 19 heavy (non-hydrogen) atoms. The predicted octanol–water partition coefficient (Wildman–Crippen LogP) is 3.47. The molecule has 0 saturated heterocycles. The Morgan fingerprint density at radius 2 is 2.05 bits per heavy atom. The van der Waals surface area contributed by atoms with Gasteiger partial charge in [-0.05, 0) is 18.1 Å². The number of nitrogens with one attached hydrogen (secondary N) is 1. The van der Waals surface area contributed by atoms with Crippen molar-refractivity contribution in [2.75, 3.05) is 12.3 Å². The highest BCUT2D eigenvalue weighted by atomic mass is 32.2. The molecule has 0 aromatic heterocycles. The number of carbonyl (C=O) groups excluding carboxylic acids is 1. The van der Waals surface area contributed by atoms with Crippen molar-refractivity contribution in [2.24, 2.45) is 5.92 Å². The van der Waals surface area contributed by atoms with Crippen LogP contribution in [-0.2, 0) is 0 Å². The van der Waals surface area contributed by atoms with Crippen molar-refractivity contribution in [3.8, 4) is 6.07 Å². The molecule has 0 radical (unpaired) electrons. The average Bonchev–Trinajstić information content (AvgIpc) is 2.46. The highest BCUT2D eigenvalue weighted by molar-refractivity contribution is 7.99. The van der Waals surface area contributed by atoms with Gasteiger partial charge in [0.05, 0.1) is 17.4 Å². The van der Waals surface area contributed by atoms with E-state index < -0.39 is 0 Å². The maximum atomic E-state index is 12.2. The Morgan fingerprint density at radius 3 is 2.68 bits per heavy atom. The summed E-state index contributed by atoms with van der Waals surface area (Å²) in [5, 5.41) is 11.6. The molecule has 1 N–H and O–H groups in total. The molecule has 0 saturated carbocycles. The monoisotopic (exact) mass is 276 g/mol. The zero-order valence-corrected chi connectivity index (χ0v) is 12.3. The maximum Gasteiger partial charge on any atom is 0.252 e. The summed E-state index contributed by atoms with van der Waals surface area (Å²) < 4.78 is 0. The van der Waals surface area contributed by atoms with Gasteiger partial charge in [-0.1, -0.05) is 38.8 Å². The standard InChI is InChI=1S/C15H20N2OS/c1-3-12(4-2)11-17-15(18)13-7-5-6-8-14(13)19-10-9-16/h5-8,12H,3-4,10-11H2,1-2H3,(H,17,18). The molecule has 4 heteroatoms. The van der Waals surface area contributed by atoms with Gasteiger partial charge in [0.1, 0.15) is 0 Å². The van der Waals surface area contributed by atoms with Crippen molar-refractivity contribution in [2.45, 2.75) is 31.6 Å². The van der Waals surface area contributed by atoms with E-state index in [9.17, 15) is 4.79 Å². The zero-order valence-electron chi connectivity index (χ0n) is 11.5. The molecule has 1 aromatic rings. The second kappa shape index (κ2) is 8.60. The van der Waals surface area contributed by atoms with Gasteiger partial charge in [-0.2, -0.15) is 5.26 Å². The summed E-state index contributed by atoms with van der Waals surface area (Å²) >= 11 is 1.40. The molecule has 3 nitrogen and oxygen atoms in total. The summed E-state index contributed by atoms with van der Waals surface area (Å²) in [6, 6.07) is 9.51. The van der Waals surface area contributed by atoms with E-state index in [0.717, 1.165) is 17.7 Å². The molecular weight excluding hydrogens is 256 g/mol. The normalized spacial score (nSPS) is 10.2. The van der Waals surface area contributed by atoms with Gasteiger partial charge in [-0.15, -0.1) is 11.8 Å². The molecule has 0 heterocycles. The summed E-state index contributed by atoms with van der Waals surface area (Å²) in [5.74, 6) is 0.840. The minimum atomic E-state index is -0.0482. The second-order valence-electron chi connectivity index (χ2n) is 4.34. The number of hydrogen-bond donors (Lipinski definition) is 1. The Hall–Kier alpha value is -1.47. The van der Waals surface area contributed by atoms with Crippen LogP contribution < -0.4 is 5.32 Å². The van der Waals surface area contributed by atoms with Crippen molar-refractivity contribution >= 4 is 17.7 Å². The van der Waals surface area contributed by atoms with E-state index in [2.05, 4.69) is 25.2 Å². The third kappa shape index (κ3) is 4.96. The van der Waals surface area contributed by atoms with Crippen LogP contribution >= 0.6 is 11.8 Å². The summed E-state index contributed by atoms with van der Waals surface area (Å²) in [7, 11) is 0. The molecule has 0 unspecified atom stereocenters. The van der Waals surface area contributed by atoms with Gasteiger partial charge in [-0.25, -0.2) is 0 Å². The molecule has 0 aliphatic carbocycles. The molecule has 1 rings (SSSR count). The van der Waals surface area contributed by atoms with Gasteiger partial charge in [0.15, 0.2) is 0 Å². The molecule has 0 fully saturated rings. The molecule has 0 spiro atoms. The number of amides is 1. The van der Waals surface area contributed by atoms with Crippen LogP contribution in [0.1, 0.15) is 37.0 Å². The predicted molar refractivity (Wildman–Crippen MR) is 79.2 cm³/mol. The number of hydrogen-bond acceptors (Lipinski definition) is 3. The summed E-state index contributed by atoms with van der Waals surface area (Å²) in [5.41, 5.74) is 0.661. The van der Waals surface area contributed by atoms with Crippen molar-refractivity contribution in [3.05, 3.63) is 29.8 Å². The number of rotatable bonds is 7. The van der Waals surface area contributed by atoms with E-state index in [1.54, 1.807) is 0 Å². The Bertz CT molecular complexity index is 450. The number of carbonyl (C=O) groups is 1. The van der Waals surface area contributed by atoms with Gasteiger partial charge in [-0.3, -0.25) is 4.79 Å². The lowest BCUT2D eigenvalue weighted by Gasteiger charge is -2.14. The smallest absolute Gasteiger partial charge is 0.252 e. The summed E-state index contributed by atoms with van der Waals surface area (Å²) in [6.07, 6.45) is 2.14. The Kier molecular flexibility index (Phi) is 7.06. The van der Waals surface area contributed by atoms with Crippen LogP contribution in [0.4, 0.5) is 0 Å². The van der Waals surface area contributed by atoms with Gasteiger partial charge in [0, 0.05) is 11.4 Å². The van der Waals surface area contributed by atoms with Crippen LogP contribution in [0.25, 0.3) is 0 Å². The largest absolute Gasteiger partial charge is 0.352 e. The first-order valence-electron chi connectivity index (χ1n) is 6.59. The van der Waals surface area contributed by atoms with E-state index in [4.69, 9.17) is 5.26 Å². The number of thioether (sulfide) groups is 1. The van der Waals surface area contributed by atoms with Gasteiger partial charge >= 0.3 is 0 Å². The minimum Gasteiger partial charge on any atom is -0.352 e. The Balaban J connectivity index is 2.68. The molecule has 0 atom stereocenters. The SMILES string of the molecule is CCC(CC)CNC(=O)c1ccccc1SCC#N. The first-order chi connectivity index (χ1) is 9.22. The van der Waals surface area contributed by atoms with Crippen LogP contribution in [0.2, 0.25) is 0 Å². The lowest BCUT2D eigenvalue weighted by molar-refractivity contribution is 0.0943. The van der Waals surface area contributed by atoms with Crippen LogP contribution in [0.3, 0.4) is 0 Å². The first kappa shape index (κ1) is 15.6. The van der Waals surface area contributed by atoms with E-state index in [0.29, 0.717) is 23.8 Å². The Labute approximate surface area is 119 Å². The highest BCUT2D eigenvalue weighted by Crippen LogP contribution is 2.22. The molecule has 0 aliphatic rings. The lowest BCUT2D eigenvalue weighted by Crippen LogP contribution is -2.29. The quantitative estimate of drug-likeness (QED) is 0.776. The van der Waals surface area contributed by atoms with Crippen molar-refractivity contribution in [1.82, 2.24) is 5.32 Å². The van der Waals surface area contributed by atoms with Gasteiger partial charge in [0.25, 0.3) is 5.91 Å². The van der Waals surface area contributed by atoms with Crippen LogP contribution in [-0.4, -0.2) is 18.2 Å². The molecule has 1 amide bonds. The third-order valence-electron chi connectivity index (χ3n) is 3.13. The second-order valence-corrected chi connectivity index (χ2v) is 5.35. The fraction of sp³-hybridized carbons (Fsp3) is 0.467. The minimum absolute atomic E-state index is 0.0482. The number of benzene rings is 1. The van der Waals surface area contributed by atoms with Gasteiger partial charge in [0.2, 0.25) is 0 Å². The maximum absolute atomic E-state index is 12.2. The first-order valence-corrected chi connectivity index (χ1v) is 7.58. The van der Waals surface area contributed by atoms with E-state index in [1.165, 1.54) is 11.8 Å². The van der Waals surface area contributed by atoms with Crippen molar-refractivity contribution in [3.63, 3.8) is 0 Å². The lowest BCUT2D eigenvalue weighted by atomic mass is 10.0. The summed E-state index contributed by atoms with van der Waals surface area (Å²) in [6.45, 7) is 4.98. The zero-order chi connectivity index (χ0) is 14.1. The van der Waals surface area contributed by atoms with Crippen LogP contribution in [0.15, 0.2) is 29.2 Å². The van der Waals surface area contributed by atoms with E-state index >= 15 is 0 Å². The van der Waals surface area contributed by atoms with Crippen molar-refractivity contribution in [1.29, 1.82) is 5.26 Å². The van der Waals surface area contributed by atoms with Crippen LogP contribution in [0, 0.1) is 17.2 Å². The summed E-state index contributed by atoms with van der Waals surface area (Å²) in [4.78, 5) is 13.0. The molecule has 1 aromatic carbocycles. The molecule has 102 valence electrons. The fourth-order valence-electron chi connectivity index (χ4n) is 1.80. The van der Waals surface area contributed by atoms with E-state index in [1.807, 2.05) is 24.3 Å². The fourth-order valence-corrected chi connectivity index (χ4v) is 2.51.